The SMILES string of the molecule is CC[C@H](C(=O)NC)N(Cc1cccc(OC)c1)C(=O)CN(c1cccc(OC)c1)S(=O)(=O)c1ccccc1. The average Bonchev–Trinajstić information content (AvgIpc) is 2.95. The Balaban J connectivity index is 2.07. The van der Waals surface area contributed by atoms with E-state index >= 15 is 0 Å². The van der Waals surface area contributed by atoms with Crippen molar-refractivity contribution in [3.05, 3.63) is 84.4 Å². The number of benzene rings is 3. The number of hydrogen-bond donors (Lipinski definition) is 1. The fourth-order valence-corrected chi connectivity index (χ4v) is 5.49. The molecule has 2 amide bonds. The van der Waals surface area contributed by atoms with Gasteiger partial charge in [0.05, 0.1) is 24.8 Å². The number of nitrogens with one attached hydrogen (secondary N) is 1. The molecule has 0 bridgehead atoms. The third kappa shape index (κ3) is 6.63. The Morgan fingerprint density at radius 1 is 0.895 bits per heavy atom. The maximum atomic E-state index is 13.9. The van der Waals surface area contributed by atoms with Crippen LogP contribution in [0, 0.1) is 0 Å². The van der Waals surface area contributed by atoms with Crippen molar-refractivity contribution in [1.29, 1.82) is 0 Å². The van der Waals surface area contributed by atoms with Gasteiger partial charge in [-0.1, -0.05) is 43.3 Å². The molecular weight excluding hydrogens is 506 g/mol. The van der Waals surface area contributed by atoms with Crippen molar-refractivity contribution in [3.8, 4) is 11.5 Å². The smallest absolute Gasteiger partial charge is 0.264 e. The number of rotatable bonds is 12. The van der Waals surface area contributed by atoms with E-state index in [4.69, 9.17) is 9.47 Å². The van der Waals surface area contributed by atoms with Crippen LogP contribution in [-0.2, 0) is 26.2 Å². The van der Waals surface area contributed by atoms with Crippen LogP contribution in [-0.4, -0.2) is 59.0 Å². The molecule has 0 fully saturated rings. The highest BCUT2D eigenvalue weighted by atomic mass is 32.2. The molecule has 0 saturated carbocycles. The standard InChI is InChI=1S/C28H33N3O6S/c1-5-26(28(33)29-2)30(19-21-11-9-13-23(17-21)36-3)27(32)20-31(22-12-10-14-24(18-22)37-4)38(34,35)25-15-7-6-8-16-25/h6-18,26H,5,19-20H2,1-4H3,(H,29,33)/t26-/m1/s1. The van der Waals surface area contributed by atoms with Crippen LogP contribution in [0.3, 0.4) is 0 Å². The van der Waals surface area contributed by atoms with E-state index in [1.54, 1.807) is 74.7 Å². The first-order valence-corrected chi connectivity index (χ1v) is 13.5. The van der Waals surface area contributed by atoms with Crippen molar-refractivity contribution in [3.63, 3.8) is 0 Å². The van der Waals surface area contributed by atoms with Gasteiger partial charge < -0.3 is 19.7 Å². The number of anilines is 1. The molecule has 38 heavy (non-hydrogen) atoms. The highest BCUT2D eigenvalue weighted by molar-refractivity contribution is 7.92. The van der Waals surface area contributed by atoms with Gasteiger partial charge in [0.25, 0.3) is 10.0 Å². The third-order valence-electron chi connectivity index (χ3n) is 6.07. The van der Waals surface area contributed by atoms with Crippen molar-refractivity contribution in [2.75, 3.05) is 32.1 Å². The summed E-state index contributed by atoms with van der Waals surface area (Å²) in [6.07, 6.45) is 0.333. The zero-order valence-electron chi connectivity index (χ0n) is 22.0. The summed E-state index contributed by atoms with van der Waals surface area (Å²) in [5.41, 5.74) is 0.995. The number of carbonyl (C=O) groups is 2. The number of carbonyl (C=O) groups excluding carboxylic acids is 2. The summed E-state index contributed by atoms with van der Waals surface area (Å²) in [6, 6.07) is 20.7. The molecule has 0 radical (unpaired) electrons. The molecular formula is C28H33N3O6S. The molecule has 0 aromatic heterocycles. The van der Waals surface area contributed by atoms with Crippen LogP contribution in [0.15, 0.2) is 83.8 Å². The zero-order valence-corrected chi connectivity index (χ0v) is 22.8. The topological polar surface area (TPSA) is 105 Å². The largest absolute Gasteiger partial charge is 0.497 e. The number of likely N-dealkylation sites (N-methyl/N-ethyl adjacent to an activating group) is 1. The Bertz CT molecular complexity index is 1350. The first-order chi connectivity index (χ1) is 18.2. The maximum Gasteiger partial charge on any atom is 0.264 e. The molecule has 0 aliphatic carbocycles. The summed E-state index contributed by atoms with van der Waals surface area (Å²) in [5.74, 6) is 0.161. The van der Waals surface area contributed by atoms with E-state index in [1.165, 1.54) is 31.2 Å². The Morgan fingerprint density at radius 3 is 2.13 bits per heavy atom. The van der Waals surface area contributed by atoms with E-state index in [0.717, 1.165) is 9.87 Å². The van der Waals surface area contributed by atoms with Crippen LogP contribution >= 0.6 is 0 Å². The van der Waals surface area contributed by atoms with Gasteiger partial charge in [-0.3, -0.25) is 13.9 Å². The maximum absolute atomic E-state index is 13.9. The van der Waals surface area contributed by atoms with Gasteiger partial charge in [0.2, 0.25) is 11.8 Å². The third-order valence-corrected chi connectivity index (χ3v) is 7.86. The second-order valence-electron chi connectivity index (χ2n) is 8.44. The van der Waals surface area contributed by atoms with Gasteiger partial charge in [0, 0.05) is 19.7 Å². The van der Waals surface area contributed by atoms with Crippen molar-refractivity contribution >= 4 is 27.5 Å². The normalized spacial score (nSPS) is 11.8. The lowest BCUT2D eigenvalue weighted by Crippen LogP contribution is -2.51. The monoisotopic (exact) mass is 539 g/mol. The minimum Gasteiger partial charge on any atom is -0.497 e. The highest BCUT2D eigenvalue weighted by Crippen LogP contribution is 2.28. The van der Waals surface area contributed by atoms with Gasteiger partial charge in [-0.25, -0.2) is 8.42 Å². The van der Waals surface area contributed by atoms with E-state index in [9.17, 15) is 18.0 Å². The first-order valence-electron chi connectivity index (χ1n) is 12.1. The van der Waals surface area contributed by atoms with Gasteiger partial charge in [0.1, 0.15) is 24.1 Å². The average molecular weight is 540 g/mol. The van der Waals surface area contributed by atoms with Gasteiger partial charge in [-0.15, -0.1) is 0 Å². The number of ether oxygens (including phenoxy) is 2. The number of methoxy groups -OCH3 is 2. The van der Waals surface area contributed by atoms with E-state index in [2.05, 4.69) is 5.32 Å². The quantitative estimate of drug-likeness (QED) is 0.378. The van der Waals surface area contributed by atoms with E-state index in [-0.39, 0.29) is 23.0 Å². The molecule has 0 unspecified atom stereocenters. The van der Waals surface area contributed by atoms with Crippen LogP contribution in [0.25, 0.3) is 0 Å². The minimum absolute atomic E-state index is 0.0355. The molecule has 1 N–H and O–H groups in total. The summed E-state index contributed by atoms with van der Waals surface area (Å²) in [6.45, 7) is 1.35. The lowest BCUT2D eigenvalue weighted by molar-refractivity contribution is -0.140. The molecule has 9 nitrogen and oxygen atoms in total. The van der Waals surface area contributed by atoms with Crippen LogP contribution in [0.1, 0.15) is 18.9 Å². The molecule has 3 rings (SSSR count). The molecule has 3 aromatic rings. The van der Waals surface area contributed by atoms with E-state index < -0.39 is 28.5 Å². The van der Waals surface area contributed by atoms with Crippen molar-refractivity contribution in [1.82, 2.24) is 10.2 Å². The summed E-state index contributed by atoms with van der Waals surface area (Å²) < 4.78 is 39.2. The van der Waals surface area contributed by atoms with Crippen LogP contribution < -0.4 is 19.1 Å². The lowest BCUT2D eigenvalue weighted by Gasteiger charge is -2.33. The second kappa shape index (κ2) is 13.0. The van der Waals surface area contributed by atoms with Crippen molar-refractivity contribution in [2.45, 2.75) is 30.8 Å². The fraction of sp³-hybridized carbons (Fsp3) is 0.286. The van der Waals surface area contributed by atoms with Crippen LogP contribution in [0.5, 0.6) is 11.5 Å². The predicted octanol–water partition coefficient (Wildman–Crippen LogP) is 3.45. The van der Waals surface area contributed by atoms with E-state index in [1.807, 2.05) is 6.07 Å². The molecule has 1 atom stereocenters. The molecule has 0 aliphatic heterocycles. The molecule has 0 aliphatic rings. The van der Waals surface area contributed by atoms with Crippen LogP contribution in [0.4, 0.5) is 5.69 Å². The number of sulfonamides is 1. The number of hydrogen-bond acceptors (Lipinski definition) is 6. The van der Waals surface area contributed by atoms with E-state index in [0.29, 0.717) is 17.9 Å². The van der Waals surface area contributed by atoms with Crippen molar-refractivity contribution in [2.24, 2.45) is 0 Å². The number of amides is 2. The summed E-state index contributed by atoms with van der Waals surface area (Å²) in [7, 11) is 0.383. The molecule has 0 spiro atoms. The molecule has 202 valence electrons. The summed E-state index contributed by atoms with van der Waals surface area (Å²) in [4.78, 5) is 28.1. The predicted molar refractivity (Wildman–Crippen MR) is 146 cm³/mol. The Kier molecular flexibility index (Phi) is 9.72. The summed E-state index contributed by atoms with van der Waals surface area (Å²) in [5, 5.41) is 2.61. The van der Waals surface area contributed by atoms with Crippen molar-refractivity contribution < 1.29 is 27.5 Å². The Hall–Kier alpha value is -4.05. The second-order valence-corrected chi connectivity index (χ2v) is 10.3. The number of nitrogens with zero attached hydrogens (tertiary/aromatic N) is 2. The first kappa shape index (κ1) is 28.5. The minimum atomic E-state index is -4.14. The molecule has 0 heterocycles. The van der Waals surface area contributed by atoms with Gasteiger partial charge in [-0.2, -0.15) is 0 Å². The Labute approximate surface area is 224 Å². The Morgan fingerprint density at radius 2 is 1.53 bits per heavy atom. The van der Waals surface area contributed by atoms with Gasteiger partial charge in [0.15, 0.2) is 0 Å². The summed E-state index contributed by atoms with van der Waals surface area (Å²) >= 11 is 0. The zero-order chi connectivity index (χ0) is 27.7. The van der Waals surface area contributed by atoms with Gasteiger partial charge >= 0.3 is 0 Å². The van der Waals surface area contributed by atoms with Crippen LogP contribution in [0.2, 0.25) is 0 Å². The highest BCUT2D eigenvalue weighted by Gasteiger charge is 2.33. The molecule has 10 heteroatoms. The fourth-order valence-electron chi connectivity index (χ4n) is 4.07. The van der Waals surface area contributed by atoms with Gasteiger partial charge in [-0.05, 0) is 48.4 Å². The molecule has 0 saturated heterocycles. The lowest BCUT2D eigenvalue weighted by atomic mass is 10.1. The molecule has 3 aromatic carbocycles.